The van der Waals surface area contributed by atoms with Crippen molar-refractivity contribution in [3.8, 4) is 0 Å². The van der Waals surface area contributed by atoms with Crippen LogP contribution in [0.3, 0.4) is 0 Å². The first kappa shape index (κ1) is 14.4. The number of hydrogen-bond acceptors (Lipinski definition) is 6. The molecule has 1 saturated heterocycles. The Morgan fingerprint density at radius 1 is 1.50 bits per heavy atom. The van der Waals surface area contributed by atoms with Gasteiger partial charge in [-0.15, -0.1) is 0 Å². The highest BCUT2D eigenvalue weighted by atomic mass is 19.1. The maximum absolute atomic E-state index is 13.0. The zero-order valence-electron chi connectivity index (χ0n) is 10.3. The summed E-state index contributed by atoms with van der Waals surface area (Å²) in [7, 11) is 0. The highest BCUT2D eigenvalue weighted by Crippen LogP contribution is 2.22. The van der Waals surface area contributed by atoms with Crippen LogP contribution in [0, 0.1) is 10.1 Å². The number of alkyl halides is 1. The summed E-state index contributed by atoms with van der Waals surface area (Å²) in [5.74, 6) is -0.694. The number of nitro benzene ring substituents is 1. The number of aliphatic hydroxyl groups is 1. The van der Waals surface area contributed by atoms with Crippen molar-refractivity contribution in [3.63, 3.8) is 0 Å². The van der Waals surface area contributed by atoms with Crippen molar-refractivity contribution in [2.75, 3.05) is 6.61 Å². The lowest BCUT2D eigenvalue weighted by Crippen LogP contribution is -2.19. The van der Waals surface area contributed by atoms with Crippen LogP contribution in [0.2, 0.25) is 0 Å². The fraction of sp³-hybridized carbons (Fsp3) is 0.417. The van der Waals surface area contributed by atoms with E-state index in [1.54, 1.807) is 0 Å². The average Bonchev–Trinajstić information content (AvgIpc) is 2.75. The first-order valence-electron chi connectivity index (χ1n) is 5.86. The molecular formula is C12H12FNO6. The van der Waals surface area contributed by atoms with E-state index in [1.807, 2.05) is 0 Å². The van der Waals surface area contributed by atoms with Gasteiger partial charge in [0.1, 0.15) is 6.61 Å². The third-order valence-electron chi connectivity index (χ3n) is 2.84. The second-order valence-electron chi connectivity index (χ2n) is 4.30. The van der Waals surface area contributed by atoms with Gasteiger partial charge in [0.2, 0.25) is 0 Å². The van der Waals surface area contributed by atoms with Crippen molar-refractivity contribution in [3.05, 3.63) is 39.9 Å². The molecule has 1 aliphatic rings. The van der Waals surface area contributed by atoms with Gasteiger partial charge in [-0.3, -0.25) is 10.1 Å². The molecule has 8 heteroatoms. The van der Waals surface area contributed by atoms with Crippen molar-refractivity contribution in [1.29, 1.82) is 0 Å². The Morgan fingerprint density at radius 2 is 2.15 bits per heavy atom. The van der Waals surface area contributed by atoms with E-state index in [0.29, 0.717) is 0 Å². The summed E-state index contributed by atoms with van der Waals surface area (Å²) in [5, 5.41) is 19.5. The summed E-state index contributed by atoms with van der Waals surface area (Å²) >= 11 is 0. The van der Waals surface area contributed by atoms with E-state index >= 15 is 0 Å². The zero-order chi connectivity index (χ0) is 14.7. The molecule has 3 atom stereocenters. The lowest BCUT2D eigenvalue weighted by atomic mass is 10.2. The van der Waals surface area contributed by atoms with Crippen LogP contribution in [-0.2, 0) is 9.47 Å². The van der Waals surface area contributed by atoms with Gasteiger partial charge in [0, 0.05) is 18.6 Å². The summed E-state index contributed by atoms with van der Waals surface area (Å²) in [6, 6.07) is 4.90. The van der Waals surface area contributed by atoms with Gasteiger partial charge in [0.15, 0.2) is 12.5 Å². The number of halogens is 1. The number of hydrogen-bond donors (Lipinski definition) is 1. The minimum absolute atomic E-state index is 0.0469. The van der Waals surface area contributed by atoms with Crippen molar-refractivity contribution in [1.82, 2.24) is 0 Å². The molecule has 20 heavy (non-hydrogen) atoms. The number of nitrogens with zero attached hydrogens (tertiary/aromatic N) is 1. The minimum Gasteiger partial charge on any atom is -0.459 e. The molecule has 0 saturated carbocycles. The van der Waals surface area contributed by atoms with E-state index in [-0.39, 0.29) is 24.3 Å². The number of ether oxygens (including phenoxy) is 2. The predicted octanol–water partition coefficient (Wildman–Crippen LogP) is 1.20. The molecule has 0 bridgehead atoms. The van der Waals surface area contributed by atoms with Crippen molar-refractivity contribution in [2.24, 2.45) is 0 Å². The maximum Gasteiger partial charge on any atom is 0.338 e. The average molecular weight is 285 g/mol. The second-order valence-corrected chi connectivity index (χ2v) is 4.30. The molecule has 3 unspecified atom stereocenters. The smallest absolute Gasteiger partial charge is 0.338 e. The van der Waals surface area contributed by atoms with Crippen LogP contribution in [0.1, 0.15) is 16.8 Å². The first-order chi connectivity index (χ1) is 9.47. The molecule has 2 rings (SSSR count). The Balaban J connectivity index is 1.87. The van der Waals surface area contributed by atoms with E-state index in [1.165, 1.54) is 24.3 Å². The summed E-state index contributed by atoms with van der Waals surface area (Å²) in [5.41, 5.74) is 0.00927. The van der Waals surface area contributed by atoms with Gasteiger partial charge >= 0.3 is 5.97 Å². The lowest BCUT2D eigenvalue weighted by molar-refractivity contribution is -0.384. The molecule has 1 aromatic rings. The Kier molecular flexibility index (Phi) is 4.26. The van der Waals surface area contributed by atoms with Gasteiger partial charge in [-0.1, -0.05) is 0 Å². The number of carbonyl (C=O) groups excluding carboxylic acids is 1. The summed E-state index contributed by atoms with van der Waals surface area (Å²) in [6.07, 6.45) is -3.72. The molecule has 1 aromatic carbocycles. The molecule has 108 valence electrons. The summed E-state index contributed by atoms with van der Waals surface area (Å²) in [4.78, 5) is 21.5. The van der Waals surface area contributed by atoms with Crippen LogP contribution in [0.4, 0.5) is 10.1 Å². The molecule has 0 amide bonds. The second kappa shape index (κ2) is 5.93. The maximum atomic E-state index is 13.0. The molecule has 0 spiro atoms. The highest BCUT2D eigenvalue weighted by molar-refractivity contribution is 5.89. The molecule has 7 nitrogen and oxygen atoms in total. The van der Waals surface area contributed by atoms with Gasteiger partial charge in [-0.05, 0) is 12.1 Å². The van der Waals surface area contributed by atoms with Crippen LogP contribution in [-0.4, -0.2) is 41.2 Å². The normalized spacial score (nSPS) is 25.4. The number of aliphatic hydroxyl groups excluding tert-OH is 1. The van der Waals surface area contributed by atoms with Gasteiger partial charge in [0.25, 0.3) is 5.69 Å². The quantitative estimate of drug-likeness (QED) is 0.507. The minimum atomic E-state index is -1.49. The Hall–Kier alpha value is -2.06. The zero-order valence-corrected chi connectivity index (χ0v) is 10.3. The van der Waals surface area contributed by atoms with E-state index < -0.39 is 29.5 Å². The third kappa shape index (κ3) is 3.28. The topological polar surface area (TPSA) is 98.9 Å². The standard InChI is InChI=1S/C12H12FNO6/c13-10-5-9(20-12(10)16)6-19-11(15)7-1-3-8(4-2-7)14(17)18/h1-4,9-10,12,16H,5-6H2. The van der Waals surface area contributed by atoms with Crippen LogP contribution in [0.15, 0.2) is 24.3 Å². The lowest BCUT2D eigenvalue weighted by Gasteiger charge is -2.10. The molecular weight excluding hydrogens is 273 g/mol. The monoisotopic (exact) mass is 285 g/mol. The number of non-ortho nitro benzene ring substituents is 1. The Bertz CT molecular complexity index is 495. The van der Waals surface area contributed by atoms with E-state index in [9.17, 15) is 19.3 Å². The van der Waals surface area contributed by atoms with Crippen LogP contribution in [0.25, 0.3) is 0 Å². The molecule has 1 N–H and O–H groups in total. The van der Waals surface area contributed by atoms with Crippen LogP contribution in [0.5, 0.6) is 0 Å². The predicted molar refractivity (Wildman–Crippen MR) is 63.8 cm³/mol. The molecule has 1 heterocycles. The van der Waals surface area contributed by atoms with Crippen molar-refractivity contribution in [2.45, 2.75) is 25.0 Å². The van der Waals surface area contributed by atoms with Gasteiger partial charge in [-0.25, -0.2) is 9.18 Å². The number of carbonyl (C=O) groups is 1. The SMILES string of the molecule is O=C(OCC1CC(F)C(O)O1)c1ccc([N+](=O)[O-])cc1. The third-order valence-corrected chi connectivity index (χ3v) is 2.84. The molecule has 1 aliphatic heterocycles. The van der Waals surface area contributed by atoms with Crippen molar-refractivity contribution >= 4 is 11.7 Å². The number of rotatable bonds is 4. The fourth-order valence-corrected chi connectivity index (χ4v) is 1.78. The molecule has 0 radical (unpaired) electrons. The van der Waals surface area contributed by atoms with Gasteiger partial charge in [-0.2, -0.15) is 0 Å². The molecule has 0 aromatic heterocycles. The summed E-state index contributed by atoms with van der Waals surface area (Å²) < 4.78 is 22.7. The Labute approximate surface area is 113 Å². The van der Waals surface area contributed by atoms with E-state index in [0.717, 1.165) is 0 Å². The number of esters is 1. The fourth-order valence-electron chi connectivity index (χ4n) is 1.78. The van der Waals surface area contributed by atoms with Gasteiger partial charge in [0.05, 0.1) is 16.6 Å². The van der Waals surface area contributed by atoms with Crippen LogP contribution >= 0.6 is 0 Å². The number of benzene rings is 1. The van der Waals surface area contributed by atoms with Crippen molar-refractivity contribution < 1.29 is 28.7 Å². The van der Waals surface area contributed by atoms with Gasteiger partial charge < -0.3 is 14.6 Å². The first-order valence-corrected chi connectivity index (χ1v) is 5.86. The molecule has 1 fully saturated rings. The molecule has 0 aliphatic carbocycles. The van der Waals surface area contributed by atoms with E-state index in [4.69, 9.17) is 14.6 Å². The summed E-state index contributed by atoms with van der Waals surface area (Å²) in [6.45, 7) is -0.187. The highest BCUT2D eigenvalue weighted by Gasteiger charge is 2.34. The van der Waals surface area contributed by atoms with E-state index in [2.05, 4.69) is 0 Å². The van der Waals surface area contributed by atoms with Crippen LogP contribution < -0.4 is 0 Å². The number of nitro groups is 1. The Morgan fingerprint density at radius 3 is 2.65 bits per heavy atom. The largest absolute Gasteiger partial charge is 0.459 e.